The molecule has 31 heavy (non-hydrogen) atoms. The molecule has 0 spiro atoms. The lowest BCUT2D eigenvalue weighted by Crippen LogP contribution is -2.45. The molecule has 3 N–H and O–H groups in total. The molecule has 0 saturated heterocycles. The number of aryl methyl sites for hydroxylation is 2. The van der Waals surface area contributed by atoms with E-state index in [1.807, 2.05) is 6.92 Å². The highest BCUT2D eigenvalue weighted by Crippen LogP contribution is 2.18. The van der Waals surface area contributed by atoms with Gasteiger partial charge in [-0.2, -0.15) is 0 Å². The predicted octanol–water partition coefficient (Wildman–Crippen LogP) is 2.89. The van der Waals surface area contributed by atoms with Crippen LogP contribution in [0.1, 0.15) is 48.9 Å². The van der Waals surface area contributed by atoms with E-state index in [0.29, 0.717) is 25.6 Å². The Bertz CT molecular complexity index is 818. The van der Waals surface area contributed by atoms with Crippen molar-refractivity contribution in [2.75, 3.05) is 26.2 Å². The molecule has 1 unspecified atom stereocenters. The van der Waals surface area contributed by atoms with Crippen LogP contribution >= 0.6 is 24.0 Å². The summed E-state index contributed by atoms with van der Waals surface area (Å²) in [5, 5.41) is 21.3. The number of β-amino-alcohol motifs (C(OH)–C–C–N with tert-alkyl or cyclic N) is 1. The molecule has 2 aromatic rings. The highest BCUT2D eigenvalue weighted by Gasteiger charge is 2.19. The molecule has 1 aromatic carbocycles. The minimum atomic E-state index is -0.466. The topological polar surface area (TPSA) is 85.9 Å². The van der Waals surface area contributed by atoms with E-state index in [-0.39, 0.29) is 24.0 Å². The third-order valence-electron chi connectivity index (χ3n) is 5.53. The summed E-state index contributed by atoms with van der Waals surface area (Å²) in [6, 6.07) is 8.57. The molecule has 1 atom stereocenters. The maximum atomic E-state index is 10.6. The van der Waals surface area contributed by atoms with Gasteiger partial charge in [-0.15, -0.1) is 24.0 Å². The normalized spacial score (nSPS) is 15.2. The molecule has 3 rings (SSSR count). The van der Waals surface area contributed by atoms with Crippen molar-refractivity contribution in [3.05, 3.63) is 52.4 Å². The summed E-state index contributed by atoms with van der Waals surface area (Å²) >= 11 is 0. The second-order valence-corrected chi connectivity index (χ2v) is 7.72. The number of aliphatic hydroxyl groups is 1. The van der Waals surface area contributed by atoms with Gasteiger partial charge in [-0.3, -0.25) is 4.90 Å². The van der Waals surface area contributed by atoms with Crippen LogP contribution in [0.5, 0.6) is 0 Å². The third-order valence-corrected chi connectivity index (χ3v) is 5.53. The summed E-state index contributed by atoms with van der Waals surface area (Å²) in [6.07, 6.45) is 2.21. The number of hydrogen-bond acceptors (Lipinski definition) is 5. The number of aliphatic hydroxyl groups excluding tert-OH is 1. The average Bonchev–Trinajstić information content (AvgIpc) is 3.17. The van der Waals surface area contributed by atoms with Crippen molar-refractivity contribution >= 4 is 29.9 Å². The van der Waals surface area contributed by atoms with Crippen molar-refractivity contribution < 1.29 is 9.63 Å². The monoisotopic (exact) mass is 541 g/mol. The Morgan fingerprint density at radius 1 is 1.19 bits per heavy atom. The van der Waals surface area contributed by atoms with Crippen molar-refractivity contribution in [2.45, 2.75) is 59.2 Å². The Labute approximate surface area is 202 Å². The first-order valence-electron chi connectivity index (χ1n) is 11.1. The molecule has 7 nitrogen and oxygen atoms in total. The van der Waals surface area contributed by atoms with Gasteiger partial charge >= 0.3 is 0 Å². The zero-order valence-corrected chi connectivity index (χ0v) is 21.2. The van der Waals surface area contributed by atoms with Gasteiger partial charge in [0.2, 0.25) is 0 Å². The summed E-state index contributed by atoms with van der Waals surface area (Å²) in [6.45, 7) is 10.4. The average molecular weight is 541 g/mol. The molecular weight excluding hydrogens is 505 g/mol. The number of hydrogen-bond donors (Lipinski definition) is 3. The van der Waals surface area contributed by atoms with Crippen LogP contribution in [0.25, 0.3) is 0 Å². The summed E-state index contributed by atoms with van der Waals surface area (Å²) in [4.78, 5) is 7.01. The fourth-order valence-electron chi connectivity index (χ4n) is 3.90. The van der Waals surface area contributed by atoms with Crippen LogP contribution in [-0.4, -0.2) is 53.4 Å². The van der Waals surface area contributed by atoms with Gasteiger partial charge in [0.15, 0.2) is 5.96 Å². The SMILES string of the molecule is CCNC(=NCc1c(CC)noc1CC)NCC(O)CN1CCc2ccccc2C1.I. The first-order chi connectivity index (χ1) is 14.6. The number of nitrogens with one attached hydrogen (secondary N) is 2. The van der Waals surface area contributed by atoms with E-state index in [1.54, 1.807) is 0 Å². The molecule has 172 valence electrons. The summed E-state index contributed by atoms with van der Waals surface area (Å²) in [5.74, 6) is 1.60. The van der Waals surface area contributed by atoms with Crippen LogP contribution in [-0.2, 0) is 32.4 Å². The maximum Gasteiger partial charge on any atom is 0.191 e. The number of fused-ring (bicyclic) bond motifs is 1. The highest BCUT2D eigenvalue weighted by molar-refractivity contribution is 14.0. The molecule has 0 fully saturated rings. The van der Waals surface area contributed by atoms with Crippen LogP contribution < -0.4 is 10.6 Å². The molecule has 1 aromatic heterocycles. The van der Waals surface area contributed by atoms with Crippen LogP contribution in [0.3, 0.4) is 0 Å². The number of nitrogens with zero attached hydrogens (tertiary/aromatic N) is 3. The molecule has 1 aliphatic heterocycles. The van der Waals surface area contributed by atoms with Crippen molar-refractivity contribution in [1.82, 2.24) is 20.7 Å². The van der Waals surface area contributed by atoms with Gasteiger partial charge in [0.05, 0.1) is 18.3 Å². The van der Waals surface area contributed by atoms with Crippen LogP contribution in [0, 0.1) is 0 Å². The second kappa shape index (κ2) is 13.0. The van der Waals surface area contributed by atoms with Crippen LogP contribution in [0.2, 0.25) is 0 Å². The summed E-state index contributed by atoms with van der Waals surface area (Å²) in [7, 11) is 0. The third kappa shape index (κ3) is 7.18. The second-order valence-electron chi connectivity index (χ2n) is 7.72. The van der Waals surface area contributed by atoms with Crippen molar-refractivity contribution in [3.8, 4) is 0 Å². The molecule has 0 radical (unpaired) electrons. The highest BCUT2D eigenvalue weighted by atomic mass is 127. The van der Waals surface area contributed by atoms with Crippen LogP contribution in [0.15, 0.2) is 33.8 Å². The van der Waals surface area contributed by atoms with Gasteiger partial charge in [-0.05, 0) is 30.9 Å². The number of halogens is 1. The van der Waals surface area contributed by atoms with Gasteiger partial charge in [-0.1, -0.05) is 43.3 Å². The number of aromatic nitrogens is 1. The minimum absolute atomic E-state index is 0. The molecule has 1 aliphatic rings. The van der Waals surface area contributed by atoms with E-state index in [9.17, 15) is 5.11 Å². The lowest BCUT2D eigenvalue weighted by Gasteiger charge is -2.30. The van der Waals surface area contributed by atoms with E-state index in [2.05, 4.69) is 58.8 Å². The Kier molecular flexibility index (Phi) is 10.8. The molecule has 0 bridgehead atoms. The molecule has 2 heterocycles. The zero-order valence-electron chi connectivity index (χ0n) is 18.9. The maximum absolute atomic E-state index is 10.6. The Morgan fingerprint density at radius 3 is 2.68 bits per heavy atom. The van der Waals surface area contributed by atoms with Crippen molar-refractivity contribution in [1.29, 1.82) is 0 Å². The first-order valence-corrected chi connectivity index (χ1v) is 11.1. The largest absolute Gasteiger partial charge is 0.390 e. The molecule has 0 saturated carbocycles. The number of aliphatic imine (C=N–C) groups is 1. The first kappa shape index (κ1) is 25.6. The summed E-state index contributed by atoms with van der Waals surface area (Å²) < 4.78 is 5.43. The van der Waals surface area contributed by atoms with E-state index < -0.39 is 6.10 Å². The smallest absolute Gasteiger partial charge is 0.191 e. The Morgan fingerprint density at radius 2 is 1.97 bits per heavy atom. The van der Waals surface area contributed by atoms with Gasteiger partial charge in [0, 0.05) is 44.7 Å². The van der Waals surface area contributed by atoms with Crippen molar-refractivity contribution in [2.24, 2.45) is 4.99 Å². The fourth-order valence-corrected chi connectivity index (χ4v) is 3.90. The molecule has 0 aliphatic carbocycles. The van der Waals surface area contributed by atoms with Gasteiger partial charge in [0.1, 0.15) is 5.76 Å². The van der Waals surface area contributed by atoms with E-state index in [4.69, 9.17) is 9.52 Å². The van der Waals surface area contributed by atoms with Crippen LogP contribution in [0.4, 0.5) is 0 Å². The van der Waals surface area contributed by atoms with E-state index in [1.165, 1.54) is 11.1 Å². The number of rotatable bonds is 9. The summed E-state index contributed by atoms with van der Waals surface area (Å²) in [5.41, 5.74) is 4.84. The number of benzene rings is 1. The minimum Gasteiger partial charge on any atom is -0.390 e. The van der Waals surface area contributed by atoms with Gasteiger partial charge < -0.3 is 20.3 Å². The number of guanidine groups is 1. The van der Waals surface area contributed by atoms with E-state index in [0.717, 1.165) is 55.9 Å². The van der Waals surface area contributed by atoms with Gasteiger partial charge in [0.25, 0.3) is 0 Å². The van der Waals surface area contributed by atoms with E-state index >= 15 is 0 Å². The lowest BCUT2D eigenvalue weighted by atomic mass is 10.00. The fraction of sp³-hybridized carbons (Fsp3) is 0.565. The quantitative estimate of drug-likeness (QED) is 0.257. The zero-order chi connectivity index (χ0) is 21.3. The lowest BCUT2D eigenvalue weighted by molar-refractivity contribution is 0.108. The Balaban J connectivity index is 0.00000341. The molecule has 8 heteroatoms. The van der Waals surface area contributed by atoms with Gasteiger partial charge in [-0.25, -0.2) is 4.99 Å². The predicted molar refractivity (Wildman–Crippen MR) is 135 cm³/mol. The molecular formula is C23H36IN5O2. The standard InChI is InChI=1S/C23H35N5O2.HI/c1-4-21-20(22(5-2)30-27-21)14-26-23(24-6-3)25-13-19(29)16-28-12-11-17-9-7-8-10-18(17)15-28;/h7-10,19,29H,4-6,11-16H2,1-3H3,(H2,24,25,26);1H. The molecule has 0 amide bonds. The van der Waals surface area contributed by atoms with Crippen molar-refractivity contribution in [3.63, 3.8) is 0 Å². The Hall–Kier alpha value is -1.65.